The van der Waals surface area contributed by atoms with Crippen LogP contribution in [0.25, 0.3) is 0 Å². The Bertz CT molecular complexity index is 1040. The Morgan fingerprint density at radius 2 is 2.21 bits per heavy atom. The van der Waals surface area contributed by atoms with Gasteiger partial charge >= 0.3 is 5.63 Å². The second-order valence-corrected chi connectivity index (χ2v) is 7.31. The molecule has 1 saturated heterocycles. The van der Waals surface area contributed by atoms with Crippen LogP contribution in [0.4, 0.5) is 0 Å². The molecule has 144 valence electrons. The van der Waals surface area contributed by atoms with Crippen LogP contribution >= 0.6 is 0 Å². The molecule has 0 aromatic carbocycles. The first-order chi connectivity index (χ1) is 13.5. The largest absolute Gasteiger partial charge is 0.424 e. The van der Waals surface area contributed by atoms with Crippen LogP contribution in [0.3, 0.4) is 0 Å². The molecular formula is C21H21N3O4. The Balaban J connectivity index is 1.62. The van der Waals surface area contributed by atoms with Gasteiger partial charge in [0.15, 0.2) is 0 Å². The molecule has 2 aliphatic heterocycles. The second-order valence-electron chi connectivity index (χ2n) is 7.31. The van der Waals surface area contributed by atoms with E-state index in [0.717, 1.165) is 24.0 Å². The first-order valence-electron chi connectivity index (χ1n) is 9.42. The number of fused-ring (bicyclic) bond motifs is 1. The van der Waals surface area contributed by atoms with Gasteiger partial charge in [-0.15, -0.1) is 0 Å². The quantitative estimate of drug-likeness (QED) is 0.796. The molecule has 7 nitrogen and oxygen atoms in total. The van der Waals surface area contributed by atoms with Crippen LogP contribution in [-0.4, -0.2) is 28.9 Å². The van der Waals surface area contributed by atoms with E-state index in [1.165, 1.54) is 0 Å². The Hall–Kier alpha value is -2.98. The smallest absolute Gasteiger partial charge is 0.349 e. The van der Waals surface area contributed by atoms with Crippen molar-refractivity contribution in [3.8, 4) is 6.07 Å². The average Bonchev–Trinajstić information content (AvgIpc) is 3.21. The molecule has 0 aliphatic carbocycles. The van der Waals surface area contributed by atoms with E-state index in [4.69, 9.17) is 9.15 Å². The van der Waals surface area contributed by atoms with E-state index in [2.05, 4.69) is 11.1 Å². The van der Waals surface area contributed by atoms with Crippen molar-refractivity contribution in [3.63, 3.8) is 0 Å². The predicted octanol–water partition coefficient (Wildman–Crippen LogP) is 2.57. The summed E-state index contributed by atoms with van der Waals surface area (Å²) in [5.41, 5.74) is 3.10. The molecular weight excluding hydrogens is 358 g/mol. The molecule has 0 radical (unpaired) electrons. The third-order valence-electron chi connectivity index (χ3n) is 5.49. The third kappa shape index (κ3) is 3.10. The third-order valence-corrected chi connectivity index (χ3v) is 5.49. The van der Waals surface area contributed by atoms with Gasteiger partial charge < -0.3 is 14.1 Å². The molecule has 1 atom stereocenters. The number of pyridine rings is 1. The zero-order valence-electron chi connectivity index (χ0n) is 15.9. The van der Waals surface area contributed by atoms with E-state index >= 15 is 0 Å². The fourth-order valence-corrected chi connectivity index (χ4v) is 3.98. The molecule has 7 heteroatoms. The van der Waals surface area contributed by atoms with Crippen molar-refractivity contribution in [2.45, 2.75) is 45.8 Å². The second kappa shape index (κ2) is 7.21. The molecule has 1 unspecified atom stereocenters. The molecule has 2 aromatic heterocycles. The molecule has 0 bridgehead atoms. The maximum atomic E-state index is 13.1. The molecule has 1 amide bonds. The van der Waals surface area contributed by atoms with Gasteiger partial charge in [0, 0.05) is 25.9 Å². The molecule has 2 aliphatic rings. The monoisotopic (exact) mass is 379 g/mol. The van der Waals surface area contributed by atoms with Crippen molar-refractivity contribution < 1.29 is 13.9 Å². The molecule has 2 aromatic rings. The van der Waals surface area contributed by atoms with Crippen LogP contribution in [0.5, 0.6) is 0 Å². The number of carbonyl (C=O) groups is 1. The van der Waals surface area contributed by atoms with Crippen molar-refractivity contribution in [3.05, 3.63) is 62.0 Å². The normalized spacial score (nSPS) is 18.6. The van der Waals surface area contributed by atoms with Crippen LogP contribution in [-0.2, 0) is 17.7 Å². The number of hydrogen-bond donors (Lipinski definition) is 0. The Kier molecular flexibility index (Phi) is 4.73. The molecule has 4 heterocycles. The zero-order chi connectivity index (χ0) is 19.8. The summed E-state index contributed by atoms with van der Waals surface area (Å²) in [4.78, 5) is 31.5. The summed E-state index contributed by atoms with van der Waals surface area (Å²) in [6.45, 7) is 4.97. The number of carbonyl (C=O) groups excluding carboxylic acids is 1. The highest BCUT2D eigenvalue weighted by Gasteiger charge is 2.29. The van der Waals surface area contributed by atoms with Gasteiger partial charge in [-0.1, -0.05) is 0 Å². The summed E-state index contributed by atoms with van der Waals surface area (Å²) in [7, 11) is 0. The summed E-state index contributed by atoms with van der Waals surface area (Å²) in [6, 6.07) is 3.94. The number of aryl methyl sites for hydroxylation is 2. The van der Waals surface area contributed by atoms with Gasteiger partial charge in [0.05, 0.1) is 11.3 Å². The number of hydrogen-bond acceptors (Lipinski definition) is 6. The lowest BCUT2D eigenvalue weighted by Gasteiger charge is -2.29. The fraction of sp³-hybridized carbons (Fsp3) is 0.429. The van der Waals surface area contributed by atoms with E-state index in [9.17, 15) is 14.9 Å². The Morgan fingerprint density at radius 3 is 2.89 bits per heavy atom. The Morgan fingerprint density at radius 1 is 1.39 bits per heavy atom. The minimum absolute atomic E-state index is 0.0609. The van der Waals surface area contributed by atoms with Gasteiger partial charge in [0.25, 0.3) is 5.91 Å². The average molecular weight is 379 g/mol. The van der Waals surface area contributed by atoms with Crippen molar-refractivity contribution >= 4 is 5.91 Å². The van der Waals surface area contributed by atoms with Crippen molar-refractivity contribution in [1.82, 2.24) is 9.88 Å². The number of aromatic nitrogens is 1. The Labute approximate surface area is 162 Å². The van der Waals surface area contributed by atoms with Crippen molar-refractivity contribution in [1.29, 1.82) is 5.26 Å². The maximum Gasteiger partial charge on any atom is 0.349 e. The van der Waals surface area contributed by atoms with Crippen LogP contribution in [0.1, 0.15) is 63.0 Å². The molecule has 0 N–H and O–H groups in total. The van der Waals surface area contributed by atoms with Crippen molar-refractivity contribution in [2.24, 2.45) is 0 Å². The van der Waals surface area contributed by atoms with Crippen LogP contribution in [0.2, 0.25) is 0 Å². The lowest BCUT2D eigenvalue weighted by Crippen LogP contribution is -2.39. The first kappa shape index (κ1) is 18.4. The van der Waals surface area contributed by atoms with Gasteiger partial charge in [0.1, 0.15) is 23.5 Å². The molecule has 0 saturated carbocycles. The maximum absolute atomic E-state index is 13.1. The van der Waals surface area contributed by atoms with E-state index in [-0.39, 0.29) is 17.6 Å². The molecule has 4 rings (SSSR count). The number of amides is 1. The standard InChI is InChI=1S/C21H21N3O4/c1-12-8-18(17-4-3-7-27-17)28-21(26)19(12)20(25)24-6-5-15-14(11-24)10-23-13(2)16(15)9-22/h8,10,17H,3-7,11H2,1-2H3. The minimum atomic E-state index is -0.624. The van der Waals surface area contributed by atoms with Crippen LogP contribution < -0.4 is 5.63 Å². The number of ether oxygens (including phenoxy) is 1. The number of rotatable bonds is 2. The SMILES string of the molecule is Cc1cc(C2CCCO2)oc(=O)c1C(=O)N1CCc2c(cnc(C)c2C#N)C1. The van der Waals surface area contributed by atoms with E-state index in [1.807, 2.05) is 0 Å². The zero-order valence-corrected chi connectivity index (χ0v) is 15.9. The van der Waals surface area contributed by atoms with Gasteiger partial charge in [-0.05, 0) is 55.9 Å². The van der Waals surface area contributed by atoms with Crippen LogP contribution in [0.15, 0.2) is 21.5 Å². The minimum Gasteiger partial charge on any atom is -0.424 e. The van der Waals surface area contributed by atoms with E-state index in [0.29, 0.717) is 48.7 Å². The van der Waals surface area contributed by atoms with Gasteiger partial charge in [0.2, 0.25) is 0 Å². The van der Waals surface area contributed by atoms with Gasteiger partial charge in [-0.3, -0.25) is 9.78 Å². The summed E-state index contributed by atoms with van der Waals surface area (Å²) in [5, 5.41) is 9.38. The van der Waals surface area contributed by atoms with Crippen LogP contribution in [0, 0.1) is 25.2 Å². The fourth-order valence-electron chi connectivity index (χ4n) is 3.98. The highest BCUT2D eigenvalue weighted by molar-refractivity contribution is 5.95. The lowest BCUT2D eigenvalue weighted by atomic mass is 9.95. The summed E-state index contributed by atoms with van der Waals surface area (Å²) in [6.07, 6.45) is 3.80. The summed E-state index contributed by atoms with van der Waals surface area (Å²) < 4.78 is 11.0. The highest BCUT2D eigenvalue weighted by Crippen LogP contribution is 2.29. The molecule has 1 fully saturated rings. The van der Waals surface area contributed by atoms with E-state index in [1.54, 1.807) is 31.0 Å². The lowest BCUT2D eigenvalue weighted by molar-refractivity contribution is 0.0720. The van der Waals surface area contributed by atoms with Gasteiger partial charge in [-0.2, -0.15) is 5.26 Å². The molecule has 0 spiro atoms. The highest BCUT2D eigenvalue weighted by atomic mass is 16.5. The van der Waals surface area contributed by atoms with E-state index < -0.39 is 5.63 Å². The topological polar surface area (TPSA) is 96.4 Å². The summed E-state index contributed by atoms with van der Waals surface area (Å²) in [5.74, 6) is 0.133. The molecule has 28 heavy (non-hydrogen) atoms. The first-order valence-corrected chi connectivity index (χ1v) is 9.42. The summed E-state index contributed by atoms with van der Waals surface area (Å²) >= 11 is 0. The predicted molar refractivity (Wildman–Crippen MR) is 99.8 cm³/mol. The van der Waals surface area contributed by atoms with Crippen molar-refractivity contribution in [2.75, 3.05) is 13.2 Å². The number of nitrogens with zero attached hydrogens (tertiary/aromatic N) is 3. The van der Waals surface area contributed by atoms with Gasteiger partial charge in [-0.25, -0.2) is 4.79 Å². The number of nitriles is 1.